The number of aliphatic hydroxyl groups is 1. The van der Waals surface area contributed by atoms with Crippen LogP contribution < -0.4 is 4.90 Å². The fourth-order valence-electron chi connectivity index (χ4n) is 4.44. The van der Waals surface area contributed by atoms with E-state index in [0.29, 0.717) is 32.9 Å². The van der Waals surface area contributed by atoms with E-state index in [1.807, 2.05) is 32.0 Å². The minimum Gasteiger partial charge on any atom is -0.389 e. The quantitative estimate of drug-likeness (QED) is 0.549. The Bertz CT molecular complexity index is 832. The van der Waals surface area contributed by atoms with Crippen molar-refractivity contribution in [1.82, 2.24) is 10.1 Å². The zero-order valence-corrected chi connectivity index (χ0v) is 19.8. The summed E-state index contributed by atoms with van der Waals surface area (Å²) in [5, 5.41) is 15.2. The molecular formula is C25H37N3O5. The molecule has 2 saturated heterocycles. The van der Waals surface area contributed by atoms with E-state index in [4.69, 9.17) is 18.7 Å². The zero-order chi connectivity index (χ0) is 23.0. The molecule has 2 aromatic rings. The normalized spacial score (nSPS) is 20.2. The molecule has 1 aromatic carbocycles. The van der Waals surface area contributed by atoms with E-state index in [0.717, 1.165) is 61.8 Å². The van der Waals surface area contributed by atoms with Crippen LogP contribution in [0.2, 0.25) is 0 Å². The number of rotatable bonds is 11. The van der Waals surface area contributed by atoms with Gasteiger partial charge in [-0.3, -0.25) is 4.90 Å². The Labute approximate surface area is 196 Å². The smallest absolute Gasteiger partial charge is 0.232 e. The summed E-state index contributed by atoms with van der Waals surface area (Å²) in [6, 6.07) is 10.1. The fourth-order valence-corrected chi connectivity index (χ4v) is 4.44. The van der Waals surface area contributed by atoms with Gasteiger partial charge in [0.2, 0.25) is 5.88 Å². The van der Waals surface area contributed by atoms with Crippen LogP contribution in [0.5, 0.6) is 0 Å². The van der Waals surface area contributed by atoms with Gasteiger partial charge in [-0.15, -0.1) is 0 Å². The maximum Gasteiger partial charge on any atom is 0.232 e. The molecule has 8 nitrogen and oxygen atoms in total. The Morgan fingerprint density at radius 3 is 2.67 bits per heavy atom. The number of ether oxygens (including phenoxy) is 3. The summed E-state index contributed by atoms with van der Waals surface area (Å²) < 4.78 is 23.0. The van der Waals surface area contributed by atoms with Gasteiger partial charge < -0.3 is 28.7 Å². The van der Waals surface area contributed by atoms with E-state index < -0.39 is 6.10 Å². The molecule has 0 spiro atoms. The van der Waals surface area contributed by atoms with Crippen LogP contribution in [0, 0.1) is 0 Å². The minimum absolute atomic E-state index is 0.0851. The lowest BCUT2D eigenvalue weighted by atomic mass is 10.1. The monoisotopic (exact) mass is 459 g/mol. The van der Waals surface area contributed by atoms with Crippen molar-refractivity contribution >= 4 is 5.88 Å². The average Bonchev–Trinajstić information content (AvgIpc) is 3.49. The highest BCUT2D eigenvalue weighted by molar-refractivity contribution is 5.68. The van der Waals surface area contributed by atoms with E-state index in [2.05, 4.69) is 27.1 Å². The summed E-state index contributed by atoms with van der Waals surface area (Å²) in [5.41, 5.74) is 2.91. The van der Waals surface area contributed by atoms with Crippen LogP contribution in [0.25, 0.3) is 11.3 Å². The van der Waals surface area contributed by atoms with Crippen LogP contribution in [0.1, 0.15) is 32.3 Å². The number of aliphatic hydroxyl groups excluding tert-OH is 1. The SMILES string of the molecule is CC(C)OC[C@H](O)CN(Cc1c(-c2ccccc2)noc1N1CCOCC1)C[C@@H]1CCCO1. The molecule has 1 N–H and O–H groups in total. The summed E-state index contributed by atoms with van der Waals surface area (Å²) in [5.74, 6) is 0.794. The predicted octanol–water partition coefficient (Wildman–Crippen LogP) is 2.95. The summed E-state index contributed by atoms with van der Waals surface area (Å²) in [6.45, 7) is 9.82. The zero-order valence-electron chi connectivity index (χ0n) is 19.8. The molecule has 0 radical (unpaired) electrons. The third-order valence-corrected chi connectivity index (χ3v) is 6.07. The van der Waals surface area contributed by atoms with Crippen molar-refractivity contribution in [3.8, 4) is 11.3 Å². The first-order chi connectivity index (χ1) is 16.1. The van der Waals surface area contributed by atoms with Crippen LogP contribution in [-0.2, 0) is 20.8 Å². The van der Waals surface area contributed by atoms with Crippen molar-refractivity contribution in [1.29, 1.82) is 0 Å². The van der Waals surface area contributed by atoms with Gasteiger partial charge in [-0.25, -0.2) is 0 Å². The summed E-state index contributed by atoms with van der Waals surface area (Å²) >= 11 is 0. The molecule has 2 atom stereocenters. The van der Waals surface area contributed by atoms with Gasteiger partial charge in [0.15, 0.2) is 0 Å². The van der Waals surface area contributed by atoms with Crippen LogP contribution in [0.15, 0.2) is 34.9 Å². The number of anilines is 1. The van der Waals surface area contributed by atoms with Crippen LogP contribution >= 0.6 is 0 Å². The minimum atomic E-state index is -0.583. The summed E-state index contributed by atoms with van der Waals surface area (Å²) in [4.78, 5) is 4.47. The second-order valence-electron chi connectivity index (χ2n) is 9.15. The lowest BCUT2D eigenvalue weighted by Gasteiger charge is -2.30. The lowest BCUT2D eigenvalue weighted by molar-refractivity contribution is -0.0172. The molecule has 0 saturated carbocycles. The second-order valence-corrected chi connectivity index (χ2v) is 9.15. The van der Waals surface area contributed by atoms with Crippen molar-refractivity contribution in [2.24, 2.45) is 0 Å². The third-order valence-electron chi connectivity index (χ3n) is 6.07. The average molecular weight is 460 g/mol. The van der Waals surface area contributed by atoms with Gasteiger partial charge in [0.1, 0.15) is 5.69 Å². The highest BCUT2D eigenvalue weighted by Gasteiger charge is 2.28. The van der Waals surface area contributed by atoms with E-state index in [9.17, 15) is 5.11 Å². The van der Waals surface area contributed by atoms with E-state index in [1.54, 1.807) is 0 Å². The molecule has 2 aliphatic rings. The number of nitrogens with zero attached hydrogens (tertiary/aromatic N) is 3. The van der Waals surface area contributed by atoms with Crippen molar-refractivity contribution in [2.45, 2.75) is 51.5 Å². The number of hydrogen-bond acceptors (Lipinski definition) is 8. The Morgan fingerprint density at radius 2 is 1.97 bits per heavy atom. The van der Waals surface area contributed by atoms with Gasteiger partial charge >= 0.3 is 0 Å². The van der Waals surface area contributed by atoms with Crippen LogP contribution in [-0.4, -0.2) is 86.1 Å². The van der Waals surface area contributed by atoms with Crippen LogP contribution in [0.4, 0.5) is 5.88 Å². The van der Waals surface area contributed by atoms with Crippen LogP contribution in [0.3, 0.4) is 0 Å². The van der Waals surface area contributed by atoms with Gasteiger partial charge in [-0.1, -0.05) is 35.5 Å². The molecule has 1 aromatic heterocycles. The second kappa shape index (κ2) is 11.9. The summed E-state index contributed by atoms with van der Waals surface area (Å²) in [7, 11) is 0. The Balaban J connectivity index is 1.58. The first kappa shape index (κ1) is 24.2. The van der Waals surface area contributed by atoms with Gasteiger partial charge in [0.05, 0.1) is 43.7 Å². The van der Waals surface area contributed by atoms with Gasteiger partial charge in [0, 0.05) is 44.9 Å². The van der Waals surface area contributed by atoms with Gasteiger partial charge in [0.25, 0.3) is 0 Å². The molecule has 33 heavy (non-hydrogen) atoms. The number of morpholine rings is 1. The predicted molar refractivity (Wildman–Crippen MR) is 126 cm³/mol. The molecule has 8 heteroatoms. The lowest BCUT2D eigenvalue weighted by Crippen LogP contribution is -2.40. The molecule has 4 rings (SSSR count). The molecule has 2 fully saturated rings. The van der Waals surface area contributed by atoms with E-state index in [1.165, 1.54) is 0 Å². The topological polar surface area (TPSA) is 80.4 Å². The molecule has 0 aliphatic carbocycles. The molecule has 3 heterocycles. The molecule has 182 valence electrons. The fraction of sp³-hybridized carbons (Fsp3) is 0.640. The highest BCUT2D eigenvalue weighted by atomic mass is 16.5. The Hall–Kier alpha value is -1.97. The Kier molecular flexibility index (Phi) is 8.75. The van der Waals surface area contributed by atoms with Crippen molar-refractivity contribution in [2.75, 3.05) is 57.5 Å². The van der Waals surface area contributed by atoms with Crippen molar-refractivity contribution in [3.05, 3.63) is 35.9 Å². The van der Waals surface area contributed by atoms with E-state index in [-0.39, 0.29) is 12.2 Å². The molecule has 0 unspecified atom stereocenters. The van der Waals surface area contributed by atoms with Gasteiger partial charge in [-0.2, -0.15) is 0 Å². The number of hydrogen-bond donors (Lipinski definition) is 1. The third kappa shape index (κ3) is 6.77. The maximum atomic E-state index is 10.7. The summed E-state index contributed by atoms with van der Waals surface area (Å²) in [6.07, 6.45) is 1.80. The molecule has 0 bridgehead atoms. The molecule has 2 aliphatic heterocycles. The molecule has 0 amide bonds. The highest BCUT2D eigenvalue weighted by Crippen LogP contribution is 2.33. The number of benzene rings is 1. The first-order valence-corrected chi connectivity index (χ1v) is 12.1. The van der Waals surface area contributed by atoms with E-state index >= 15 is 0 Å². The Morgan fingerprint density at radius 1 is 1.18 bits per heavy atom. The standard InChI is InChI=1S/C25H37N3O5/c1-19(2)32-18-21(29)15-27(16-22-9-6-12-31-22)17-23-24(20-7-4-3-5-8-20)26-33-25(23)28-10-13-30-14-11-28/h3-5,7-8,19,21-22,29H,6,9-18H2,1-2H3/t21-,22+/m1/s1. The maximum absolute atomic E-state index is 10.7. The van der Waals surface area contributed by atoms with Gasteiger partial charge in [-0.05, 0) is 26.7 Å². The largest absolute Gasteiger partial charge is 0.389 e. The molecular weight excluding hydrogens is 422 g/mol. The van der Waals surface area contributed by atoms with Crippen molar-refractivity contribution in [3.63, 3.8) is 0 Å². The number of aromatic nitrogens is 1. The van der Waals surface area contributed by atoms with Crippen molar-refractivity contribution < 1.29 is 23.8 Å². The first-order valence-electron chi connectivity index (χ1n) is 12.1.